The van der Waals surface area contributed by atoms with Crippen LogP contribution in [0.5, 0.6) is 0 Å². The number of hydrogen-bond acceptors (Lipinski definition) is 3. The van der Waals surface area contributed by atoms with Crippen molar-refractivity contribution in [3.63, 3.8) is 0 Å². The van der Waals surface area contributed by atoms with Crippen LogP contribution in [0.1, 0.15) is 5.56 Å². The number of thiophene rings is 2. The minimum atomic E-state index is 0.646. The first-order valence-electron chi connectivity index (χ1n) is 16.0. The van der Waals surface area contributed by atoms with Gasteiger partial charge in [-0.15, -0.1) is 22.7 Å². The molecular formula is C44H23N3S2. The molecule has 3 aromatic heterocycles. The Bertz CT molecular complexity index is 3020. The Morgan fingerprint density at radius 3 is 1.67 bits per heavy atom. The van der Waals surface area contributed by atoms with Gasteiger partial charge >= 0.3 is 0 Å². The highest BCUT2D eigenvalue weighted by atomic mass is 32.1. The molecule has 49 heavy (non-hydrogen) atoms. The molecule has 10 aromatic rings. The lowest BCUT2D eigenvalue weighted by Gasteiger charge is -2.16. The Labute approximate surface area is 289 Å². The third-order valence-corrected chi connectivity index (χ3v) is 11.9. The van der Waals surface area contributed by atoms with Crippen molar-refractivity contribution in [3.8, 4) is 34.0 Å². The Hall–Kier alpha value is -6.24. The van der Waals surface area contributed by atoms with E-state index < -0.39 is 0 Å². The van der Waals surface area contributed by atoms with Crippen LogP contribution < -0.4 is 0 Å². The molecule has 0 atom stereocenters. The number of rotatable bonds is 3. The number of aromatic nitrogens is 1. The van der Waals surface area contributed by atoms with Gasteiger partial charge in [0.2, 0.25) is 0 Å². The molecule has 0 aliphatic rings. The molecule has 0 unspecified atom stereocenters. The molecule has 0 radical (unpaired) electrons. The van der Waals surface area contributed by atoms with Gasteiger partial charge in [0.25, 0.3) is 0 Å². The van der Waals surface area contributed by atoms with Gasteiger partial charge in [-0.25, -0.2) is 4.85 Å². The topological polar surface area (TPSA) is 33.1 Å². The Balaban J connectivity index is 1.16. The van der Waals surface area contributed by atoms with E-state index in [1.54, 1.807) is 0 Å². The van der Waals surface area contributed by atoms with Crippen LogP contribution in [0.15, 0.2) is 140 Å². The number of nitriles is 1. The lowest BCUT2D eigenvalue weighted by atomic mass is 9.98. The quantitative estimate of drug-likeness (QED) is 0.174. The van der Waals surface area contributed by atoms with E-state index in [0.29, 0.717) is 11.3 Å². The second-order valence-electron chi connectivity index (χ2n) is 12.3. The molecule has 3 heterocycles. The van der Waals surface area contributed by atoms with Crippen molar-refractivity contribution in [3.05, 3.63) is 157 Å². The van der Waals surface area contributed by atoms with Crippen LogP contribution in [0, 0.1) is 17.9 Å². The molecule has 0 bridgehead atoms. The van der Waals surface area contributed by atoms with E-state index >= 15 is 0 Å². The van der Waals surface area contributed by atoms with Crippen molar-refractivity contribution in [2.24, 2.45) is 0 Å². The van der Waals surface area contributed by atoms with Crippen LogP contribution in [0.3, 0.4) is 0 Å². The molecule has 226 valence electrons. The van der Waals surface area contributed by atoms with Crippen LogP contribution in [-0.4, -0.2) is 4.57 Å². The molecular weight excluding hydrogens is 635 g/mol. The molecule has 0 aliphatic heterocycles. The lowest BCUT2D eigenvalue weighted by molar-refractivity contribution is 1.17. The number of para-hydroxylation sites is 3. The SMILES string of the molecule is [C-]#[N+]c1ccc(-c2ccc3sc4cc5c(cc4c3c2)sc2ccc(-c3cccc(C#N)c3-n3c4ccccc4c4ccccc43)cc25)cc1. The maximum absolute atomic E-state index is 10.4. The van der Waals surface area contributed by atoms with E-state index in [-0.39, 0.29) is 0 Å². The molecule has 0 saturated carbocycles. The van der Waals surface area contributed by atoms with Crippen LogP contribution >= 0.6 is 22.7 Å². The molecule has 0 saturated heterocycles. The second kappa shape index (κ2) is 10.6. The Kier molecular flexibility index (Phi) is 6.04. The Morgan fingerprint density at radius 2 is 1.06 bits per heavy atom. The summed E-state index contributed by atoms with van der Waals surface area (Å²) in [5.41, 5.74) is 8.78. The van der Waals surface area contributed by atoms with Gasteiger partial charge in [0, 0.05) is 56.7 Å². The van der Waals surface area contributed by atoms with Crippen LogP contribution in [0.4, 0.5) is 5.69 Å². The van der Waals surface area contributed by atoms with Gasteiger partial charge in [-0.3, -0.25) is 0 Å². The number of hydrogen-bond donors (Lipinski definition) is 0. The Morgan fingerprint density at radius 1 is 0.510 bits per heavy atom. The first-order valence-corrected chi connectivity index (χ1v) is 17.6. The molecule has 0 fully saturated rings. The summed E-state index contributed by atoms with van der Waals surface area (Å²) in [4.78, 5) is 3.54. The van der Waals surface area contributed by atoms with Gasteiger partial charge in [-0.05, 0) is 71.3 Å². The summed E-state index contributed by atoms with van der Waals surface area (Å²) in [5.74, 6) is 0. The van der Waals surface area contributed by atoms with E-state index in [1.165, 1.54) is 51.1 Å². The molecule has 3 nitrogen and oxygen atoms in total. The van der Waals surface area contributed by atoms with Crippen molar-refractivity contribution in [2.75, 3.05) is 0 Å². The average Bonchev–Trinajstić information content (AvgIpc) is 3.81. The lowest BCUT2D eigenvalue weighted by Crippen LogP contribution is -2.00. The summed E-state index contributed by atoms with van der Waals surface area (Å²) in [6.45, 7) is 7.28. The van der Waals surface area contributed by atoms with Gasteiger partial charge < -0.3 is 4.57 Å². The fourth-order valence-corrected chi connectivity index (χ4v) is 9.61. The van der Waals surface area contributed by atoms with Gasteiger partial charge in [-0.1, -0.05) is 84.9 Å². The number of nitrogens with zero attached hydrogens (tertiary/aromatic N) is 3. The summed E-state index contributed by atoms with van der Waals surface area (Å²) in [6.07, 6.45) is 0. The fraction of sp³-hybridized carbons (Fsp3) is 0. The van der Waals surface area contributed by atoms with Gasteiger partial charge in [0.15, 0.2) is 5.69 Å². The van der Waals surface area contributed by atoms with Gasteiger partial charge in [-0.2, -0.15) is 5.26 Å². The highest BCUT2D eigenvalue weighted by Gasteiger charge is 2.20. The first kappa shape index (κ1) is 27.8. The van der Waals surface area contributed by atoms with Gasteiger partial charge in [0.1, 0.15) is 6.07 Å². The summed E-state index contributed by atoms with van der Waals surface area (Å²) in [6, 6.07) is 51.5. The van der Waals surface area contributed by atoms with Crippen molar-refractivity contribution in [1.82, 2.24) is 4.57 Å². The second-order valence-corrected chi connectivity index (χ2v) is 14.5. The molecule has 0 spiro atoms. The third kappa shape index (κ3) is 4.17. The predicted octanol–water partition coefficient (Wildman–Crippen LogP) is 13.3. The zero-order chi connectivity index (χ0) is 32.6. The minimum Gasteiger partial charge on any atom is -0.307 e. The molecule has 5 heteroatoms. The van der Waals surface area contributed by atoms with Crippen molar-refractivity contribution in [1.29, 1.82) is 5.26 Å². The normalized spacial score (nSPS) is 11.6. The molecule has 0 N–H and O–H groups in total. The first-order chi connectivity index (χ1) is 24.2. The highest BCUT2D eigenvalue weighted by Crippen LogP contribution is 2.45. The minimum absolute atomic E-state index is 0.646. The molecule has 0 aliphatic carbocycles. The van der Waals surface area contributed by atoms with Crippen LogP contribution in [0.2, 0.25) is 0 Å². The largest absolute Gasteiger partial charge is 0.307 e. The van der Waals surface area contributed by atoms with Crippen molar-refractivity contribution in [2.45, 2.75) is 0 Å². The summed E-state index contributed by atoms with van der Waals surface area (Å²) >= 11 is 3.66. The van der Waals surface area contributed by atoms with E-state index in [9.17, 15) is 5.26 Å². The van der Waals surface area contributed by atoms with Crippen molar-refractivity contribution < 1.29 is 0 Å². The number of fused-ring (bicyclic) bond motifs is 9. The summed E-state index contributed by atoms with van der Waals surface area (Å²) < 4.78 is 7.31. The van der Waals surface area contributed by atoms with E-state index in [2.05, 4.69) is 119 Å². The monoisotopic (exact) mass is 657 g/mol. The summed E-state index contributed by atoms with van der Waals surface area (Å²) in [7, 11) is 0. The fourth-order valence-electron chi connectivity index (χ4n) is 7.39. The smallest absolute Gasteiger partial charge is 0.187 e. The molecule has 0 amide bonds. The third-order valence-electron chi connectivity index (χ3n) is 9.66. The standard InChI is InChI=1S/C44H23N3S2/c1-46-30-17-13-26(14-18-30)27-15-19-40-34(21-27)36-23-43-37(24-42(36)48-40)35-22-28(16-20-41(35)49-43)31-10-6-7-29(25-45)44(31)47-38-11-4-2-8-32(38)33-9-3-5-12-39(33)47/h2-24H. The summed E-state index contributed by atoms with van der Waals surface area (Å²) in [5, 5.41) is 17.8. The zero-order valence-electron chi connectivity index (χ0n) is 25.9. The predicted molar refractivity (Wildman–Crippen MR) is 208 cm³/mol. The highest BCUT2D eigenvalue weighted by molar-refractivity contribution is 7.27. The average molecular weight is 658 g/mol. The van der Waals surface area contributed by atoms with E-state index in [1.807, 2.05) is 59.1 Å². The number of benzene rings is 7. The molecule has 10 rings (SSSR count). The van der Waals surface area contributed by atoms with Crippen LogP contribution in [-0.2, 0) is 0 Å². The van der Waals surface area contributed by atoms with Gasteiger partial charge in [0.05, 0.1) is 28.9 Å². The van der Waals surface area contributed by atoms with E-state index in [0.717, 1.165) is 39.0 Å². The maximum Gasteiger partial charge on any atom is 0.187 e. The maximum atomic E-state index is 10.4. The zero-order valence-corrected chi connectivity index (χ0v) is 27.6. The molecule has 7 aromatic carbocycles. The van der Waals surface area contributed by atoms with Crippen LogP contribution in [0.25, 0.3) is 94.9 Å². The van der Waals surface area contributed by atoms with Crippen molar-refractivity contribution >= 4 is 90.5 Å². The van der Waals surface area contributed by atoms with E-state index in [4.69, 9.17) is 6.57 Å².